The van der Waals surface area contributed by atoms with Gasteiger partial charge in [0.1, 0.15) is 0 Å². The monoisotopic (exact) mass is 124 g/mol. The number of hydrogen-bond acceptors (Lipinski definition) is 1. The zero-order valence-corrected chi connectivity index (χ0v) is 5.83. The Morgan fingerprint density at radius 2 is 2.22 bits per heavy atom. The molecule has 0 saturated heterocycles. The molecule has 9 heavy (non-hydrogen) atoms. The molecule has 0 aromatic rings. The topological polar surface area (TPSA) is 20.2 Å². The maximum absolute atomic E-state index is 9.33. The van der Waals surface area contributed by atoms with Gasteiger partial charge in [0.2, 0.25) is 0 Å². The highest BCUT2D eigenvalue weighted by Crippen LogP contribution is 2.17. The summed E-state index contributed by atoms with van der Waals surface area (Å²) in [6.45, 7) is 3.96. The van der Waals surface area contributed by atoms with Crippen molar-refractivity contribution >= 4 is 0 Å². The van der Waals surface area contributed by atoms with Crippen LogP contribution in [0.25, 0.3) is 0 Å². The molecule has 0 radical (unpaired) electrons. The van der Waals surface area contributed by atoms with E-state index in [1.165, 1.54) is 0 Å². The van der Waals surface area contributed by atoms with E-state index in [0.29, 0.717) is 0 Å². The Hall–Kier alpha value is -0.560. The van der Waals surface area contributed by atoms with Crippen LogP contribution in [0.5, 0.6) is 0 Å². The van der Waals surface area contributed by atoms with Crippen molar-refractivity contribution in [3.05, 3.63) is 23.8 Å². The average molecular weight is 124 g/mol. The van der Waals surface area contributed by atoms with Gasteiger partial charge in [0.05, 0.1) is 6.10 Å². The van der Waals surface area contributed by atoms with E-state index in [2.05, 4.69) is 0 Å². The van der Waals surface area contributed by atoms with E-state index in [0.717, 1.165) is 5.57 Å². The maximum Gasteiger partial charge on any atom is 0.0810 e. The van der Waals surface area contributed by atoms with Crippen molar-refractivity contribution in [2.24, 2.45) is 5.92 Å². The number of rotatable bonds is 0. The Kier molecular flexibility index (Phi) is 1.72. The molecular formula is C8H12O. The summed E-state index contributed by atoms with van der Waals surface area (Å²) in [7, 11) is 0. The zero-order chi connectivity index (χ0) is 6.85. The van der Waals surface area contributed by atoms with Crippen LogP contribution in [0.4, 0.5) is 0 Å². The highest BCUT2D eigenvalue weighted by atomic mass is 16.3. The lowest BCUT2D eigenvalue weighted by molar-refractivity contribution is 0.171. The minimum atomic E-state index is -0.255. The van der Waals surface area contributed by atoms with E-state index >= 15 is 0 Å². The van der Waals surface area contributed by atoms with Crippen LogP contribution in [-0.4, -0.2) is 11.2 Å². The van der Waals surface area contributed by atoms with Crippen LogP contribution in [0.1, 0.15) is 13.8 Å². The van der Waals surface area contributed by atoms with Gasteiger partial charge in [-0.1, -0.05) is 25.2 Å². The first-order valence-corrected chi connectivity index (χ1v) is 3.25. The predicted molar refractivity (Wildman–Crippen MR) is 38.1 cm³/mol. The molecule has 1 N–H and O–H groups in total. The molecular weight excluding hydrogens is 112 g/mol. The summed E-state index contributed by atoms with van der Waals surface area (Å²) in [6, 6.07) is 0. The predicted octanol–water partition coefficient (Wildman–Crippen LogP) is 1.50. The molecule has 0 heterocycles. The van der Waals surface area contributed by atoms with Crippen molar-refractivity contribution in [3.8, 4) is 0 Å². The molecule has 2 atom stereocenters. The molecule has 0 bridgehead atoms. The van der Waals surface area contributed by atoms with E-state index in [-0.39, 0.29) is 12.0 Å². The zero-order valence-electron chi connectivity index (χ0n) is 5.83. The van der Waals surface area contributed by atoms with Crippen LogP contribution in [0.3, 0.4) is 0 Å². The largest absolute Gasteiger partial charge is 0.388 e. The van der Waals surface area contributed by atoms with Gasteiger partial charge in [0.15, 0.2) is 0 Å². The van der Waals surface area contributed by atoms with Crippen LogP contribution in [0.2, 0.25) is 0 Å². The Morgan fingerprint density at radius 3 is 2.67 bits per heavy atom. The molecule has 0 aliphatic heterocycles. The van der Waals surface area contributed by atoms with E-state index in [1.54, 1.807) is 0 Å². The van der Waals surface area contributed by atoms with E-state index in [4.69, 9.17) is 0 Å². The maximum atomic E-state index is 9.33. The first kappa shape index (κ1) is 6.56. The second-order valence-corrected chi connectivity index (χ2v) is 2.60. The van der Waals surface area contributed by atoms with Crippen LogP contribution in [0, 0.1) is 5.92 Å². The highest BCUT2D eigenvalue weighted by molar-refractivity contribution is 5.21. The first-order valence-electron chi connectivity index (χ1n) is 3.25. The van der Waals surface area contributed by atoms with Gasteiger partial charge < -0.3 is 5.11 Å². The average Bonchev–Trinajstić information content (AvgIpc) is 1.83. The van der Waals surface area contributed by atoms with Crippen LogP contribution < -0.4 is 0 Å². The fourth-order valence-corrected chi connectivity index (χ4v) is 1.00. The quantitative estimate of drug-likeness (QED) is 0.519. The molecule has 0 aromatic carbocycles. The smallest absolute Gasteiger partial charge is 0.0810 e. The van der Waals surface area contributed by atoms with Crippen molar-refractivity contribution < 1.29 is 5.11 Å². The fourth-order valence-electron chi connectivity index (χ4n) is 1.00. The molecule has 0 aromatic heterocycles. The summed E-state index contributed by atoms with van der Waals surface area (Å²) in [4.78, 5) is 0. The summed E-state index contributed by atoms with van der Waals surface area (Å²) in [5.74, 6) is 0.287. The molecule has 0 spiro atoms. The minimum absolute atomic E-state index is 0.255. The molecule has 50 valence electrons. The SMILES string of the molecule is CC1=CC=C[C@@H](C)[C@H]1O. The Morgan fingerprint density at radius 1 is 1.56 bits per heavy atom. The molecule has 0 saturated carbocycles. The van der Waals surface area contributed by atoms with Gasteiger partial charge in [-0.05, 0) is 12.5 Å². The summed E-state index contributed by atoms with van der Waals surface area (Å²) in [6.07, 6.45) is 5.70. The molecule has 0 unspecified atom stereocenters. The third-order valence-electron chi connectivity index (χ3n) is 1.74. The molecule has 1 aliphatic carbocycles. The van der Waals surface area contributed by atoms with Crippen LogP contribution >= 0.6 is 0 Å². The van der Waals surface area contributed by atoms with Gasteiger partial charge in [0, 0.05) is 5.92 Å². The third kappa shape index (κ3) is 1.22. The third-order valence-corrected chi connectivity index (χ3v) is 1.74. The van der Waals surface area contributed by atoms with Crippen molar-refractivity contribution in [1.82, 2.24) is 0 Å². The van der Waals surface area contributed by atoms with Gasteiger partial charge in [-0.25, -0.2) is 0 Å². The summed E-state index contributed by atoms with van der Waals surface area (Å²) < 4.78 is 0. The van der Waals surface area contributed by atoms with Crippen molar-refractivity contribution in [3.63, 3.8) is 0 Å². The molecule has 1 aliphatic rings. The van der Waals surface area contributed by atoms with Gasteiger partial charge >= 0.3 is 0 Å². The molecule has 0 amide bonds. The Balaban J connectivity index is 2.73. The molecule has 0 fully saturated rings. The highest BCUT2D eigenvalue weighted by Gasteiger charge is 2.14. The summed E-state index contributed by atoms with van der Waals surface area (Å²) in [5.41, 5.74) is 1.06. The number of allylic oxidation sites excluding steroid dienone is 2. The normalized spacial score (nSPS) is 34.3. The van der Waals surface area contributed by atoms with E-state index in [9.17, 15) is 5.11 Å². The molecule has 1 rings (SSSR count). The lowest BCUT2D eigenvalue weighted by atomic mass is 9.94. The number of aliphatic hydroxyl groups excluding tert-OH is 1. The van der Waals surface area contributed by atoms with Gasteiger partial charge in [0.25, 0.3) is 0 Å². The standard InChI is InChI=1S/C8H12O/c1-6-4-3-5-7(2)8(6)9/h3-6,8-9H,1-2H3/t6-,8-/m1/s1. The molecule has 1 nitrogen and oxygen atoms in total. The van der Waals surface area contributed by atoms with Crippen molar-refractivity contribution in [1.29, 1.82) is 0 Å². The first-order chi connectivity index (χ1) is 4.22. The number of aliphatic hydroxyl groups is 1. The van der Waals surface area contributed by atoms with Crippen molar-refractivity contribution in [2.75, 3.05) is 0 Å². The Bertz CT molecular complexity index is 156. The second-order valence-electron chi connectivity index (χ2n) is 2.60. The summed E-state index contributed by atoms with van der Waals surface area (Å²) >= 11 is 0. The van der Waals surface area contributed by atoms with Gasteiger partial charge in [-0.3, -0.25) is 0 Å². The lowest BCUT2D eigenvalue weighted by Gasteiger charge is -2.18. The molecule has 1 heteroatoms. The van der Waals surface area contributed by atoms with Crippen LogP contribution in [-0.2, 0) is 0 Å². The minimum Gasteiger partial charge on any atom is -0.388 e. The van der Waals surface area contributed by atoms with Crippen molar-refractivity contribution in [2.45, 2.75) is 20.0 Å². The fraction of sp³-hybridized carbons (Fsp3) is 0.500. The van der Waals surface area contributed by atoms with Crippen LogP contribution in [0.15, 0.2) is 23.8 Å². The van der Waals surface area contributed by atoms with Gasteiger partial charge in [-0.2, -0.15) is 0 Å². The summed E-state index contributed by atoms with van der Waals surface area (Å²) in [5, 5.41) is 9.33. The second kappa shape index (κ2) is 2.36. The lowest BCUT2D eigenvalue weighted by Crippen LogP contribution is -2.18. The van der Waals surface area contributed by atoms with E-state index < -0.39 is 0 Å². The van der Waals surface area contributed by atoms with Gasteiger partial charge in [-0.15, -0.1) is 0 Å². The number of hydrogen-bond donors (Lipinski definition) is 1. The van der Waals surface area contributed by atoms with E-state index in [1.807, 2.05) is 32.1 Å². The Labute approximate surface area is 55.7 Å².